The van der Waals surface area contributed by atoms with Gasteiger partial charge in [-0.1, -0.05) is 61.8 Å². The summed E-state index contributed by atoms with van der Waals surface area (Å²) in [5.74, 6) is 0. The molecule has 1 unspecified atom stereocenters. The topological polar surface area (TPSA) is 46.2 Å². The predicted octanol–water partition coefficient (Wildman–Crippen LogP) is 3.73. The van der Waals surface area contributed by atoms with Crippen LogP contribution in [0.4, 0.5) is 0 Å². The lowest BCUT2D eigenvalue weighted by Crippen LogP contribution is -2.27. The number of benzene rings is 1. The van der Waals surface area contributed by atoms with Crippen molar-refractivity contribution in [3.8, 4) is 0 Å². The molecule has 0 saturated carbocycles. The largest absolute Gasteiger partial charge is 0.240 e. The Morgan fingerprint density at radius 1 is 1.25 bits per heavy atom. The number of halogens is 1. The van der Waals surface area contributed by atoms with Gasteiger partial charge in [0.1, 0.15) is 0 Å². The van der Waals surface area contributed by atoms with Crippen LogP contribution in [-0.4, -0.2) is 19.8 Å². The van der Waals surface area contributed by atoms with Gasteiger partial charge in [0.25, 0.3) is 0 Å². The van der Waals surface area contributed by atoms with Crippen LogP contribution in [0.5, 0.6) is 0 Å². The third kappa shape index (κ3) is 4.86. The summed E-state index contributed by atoms with van der Waals surface area (Å²) in [4.78, 5) is 0.611. The number of sulfonamides is 1. The van der Waals surface area contributed by atoms with E-state index >= 15 is 0 Å². The van der Waals surface area contributed by atoms with Crippen molar-refractivity contribution in [1.29, 1.82) is 0 Å². The molecule has 1 N–H and O–H groups in total. The molecule has 3 nitrogen and oxygen atoms in total. The Kier molecular flexibility index (Phi) is 6.23. The van der Waals surface area contributed by atoms with Gasteiger partial charge in [-0.2, -0.15) is 0 Å². The highest BCUT2D eigenvalue weighted by Crippen LogP contribution is 2.30. The van der Waals surface area contributed by atoms with E-state index in [1.807, 2.05) is 19.1 Å². The van der Waals surface area contributed by atoms with Gasteiger partial charge in [0.2, 0.25) is 10.0 Å². The predicted molar refractivity (Wildman–Crippen MR) is 87.8 cm³/mol. The quantitative estimate of drug-likeness (QED) is 0.784. The average Bonchev–Trinajstić information content (AvgIpc) is 2.36. The molecule has 1 rings (SSSR count). The Hall–Kier alpha value is -0.390. The molecular weight excluding hydrogens is 338 g/mol. The van der Waals surface area contributed by atoms with Gasteiger partial charge in [-0.3, -0.25) is 0 Å². The van der Waals surface area contributed by atoms with E-state index in [1.165, 1.54) is 0 Å². The number of rotatable bonds is 6. The first-order valence-electron chi connectivity index (χ1n) is 6.90. The van der Waals surface area contributed by atoms with Crippen LogP contribution in [0, 0.1) is 5.41 Å². The highest BCUT2D eigenvalue weighted by atomic mass is 79.9. The van der Waals surface area contributed by atoms with Gasteiger partial charge in [-0.05, 0) is 29.9 Å². The van der Waals surface area contributed by atoms with Crippen molar-refractivity contribution >= 4 is 26.0 Å². The summed E-state index contributed by atoms with van der Waals surface area (Å²) in [5, 5.41) is 0. The van der Waals surface area contributed by atoms with Crippen molar-refractivity contribution in [2.24, 2.45) is 5.41 Å². The van der Waals surface area contributed by atoms with Crippen molar-refractivity contribution < 1.29 is 8.42 Å². The lowest BCUT2D eigenvalue weighted by Gasteiger charge is -2.26. The van der Waals surface area contributed by atoms with Crippen LogP contribution >= 0.6 is 15.9 Å². The fraction of sp³-hybridized carbons (Fsp3) is 0.600. The van der Waals surface area contributed by atoms with E-state index in [4.69, 9.17) is 0 Å². The van der Waals surface area contributed by atoms with Crippen LogP contribution in [0.15, 0.2) is 29.2 Å². The Bertz CT molecular complexity index is 535. The molecule has 0 heterocycles. The van der Waals surface area contributed by atoms with Gasteiger partial charge in [0, 0.05) is 11.4 Å². The van der Waals surface area contributed by atoms with E-state index in [1.54, 1.807) is 12.1 Å². The smallest absolute Gasteiger partial charge is 0.211 e. The minimum Gasteiger partial charge on any atom is -0.211 e. The molecule has 0 aromatic heterocycles. The molecule has 0 bridgehead atoms. The first-order valence-corrected chi connectivity index (χ1v) is 9.30. The summed E-state index contributed by atoms with van der Waals surface area (Å²) in [6.45, 7) is 8.83. The molecular formula is C15H24BrNO2S. The third-order valence-electron chi connectivity index (χ3n) is 3.14. The standard InChI is InChI=1S/C15H24BrNO2S/c1-5-10-17-20(18,19)13-9-7-6-8-12(13)11-14(16)15(2,3)4/h6-9,14,17H,5,10-11H2,1-4H3. The van der Waals surface area contributed by atoms with E-state index < -0.39 is 10.0 Å². The molecule has 1 aromatic rings. The average molecular weight is 362 g/mol. The van der Waals surface area contributed by atoms with Crippen LogP contribution < -0.4 is 4.72 Å². The molecule has 20 heavy (non-hydrogen) atoms. The summed E-state index contributed by atoms with van der Waals surface area (Å²) in [6.07, 6.45) is 1.47. The Labute approximate surface area is 131 Å². The normalized spacial score (nSPS) is 14.2. The first kappa shape index (κ1) is 17.7. The maximum atomic E-state index is 12.3. The van der Waals surface area contributed by atoms with E-state index in [-0.39, 0.29) is 10.2 Å². The molecule has 0 spiro atoms. The summed E-state index contributed by atoms with van der Waals surface area (Å²) in [7, 11) is -3.42. The molecule has 0 aliphatic heterocycles. The summed E-state index contributed by atoms with van der Waals surface area (Å²) >= 11 is 3.67. The second-order valence-electron chi connectivity index (χ2n) is 6.04. The SMILES string of the molecule is CCCNS(=O)(=O)c1ccccc1CC(Br)C(C)(C)C. The van der Waals surface area contributed by atoms with Gasteiger partial charge in [0.15, 0.2) is 0 Å². The Balaban J connectivity index is 3.06. The van der Waals surface area contributed by atoms with Crippen molar-refractivity contribution in [3.63, 3.8) is 0 Å². The van der Waals surface area contributed by atoms with Crippen molar-refractivity contribution in [1.82, 2.24) is 4.72 Å². The fourth-order valence-corrected chi connectivity index (χ4v) is 3.48. The fourth-order valence-electron chi connectivity index (χ4n) is 1.75. The molecule has 0 aliphatic carbocycles. The van der Waals surface area contributed by atoms with Gasteiger partial charge < -0.3 is 0 Å². The Morgan fingerprint density at radius 2 is 1.85 bits per heavy atom. The Morgan fingerprint density at radius 3 is 2.40 bits per heavy atom. The van der Waals surface area contributed by atoms with E-state index in [0.29, 0.717) is 17.9 Å². The highest BCUT2D eigenvalue weighted by Gasteiger charge is 2.25. The van der Waals surface area contributed by atoms with Gasteiger partial charge in [-0.25, -0.2) is 13.1 Å². The lowest BCUT2D eigenvalue weighted by atomic mass is 9.88. The third-order valence-corrected chi connectivity index (χ3v) is 6.40. The first-order chi connectivity index (χ1) is 9.18. The summed E-state index contributed by atoms with van der Waals surface area (Å²) in [6, 6.07) is 7.22. The maximum Gasteiger partial charge on any atom is 0.240 e. The van der Waals surface area contributed by atoms with Gasteiger partial charge in [-0.15, -0.1) is 0 Å². The molecule has 0 radical (unpaired) electrons. The molecule has 0 amide bonds. The number of hydrogen-bond acceptors (Lipinski definition) is 2. The molecule has 5 heteroatoms. The molecule has 0 saturated heterocycles. The van der Waals surface area contributed by atoms with Crippen molar-refractivity contribution in [2.75, 3.05) is 6.54 Å². The van der Waals surface area contributed by atoms with E-state index in [0.717, 1.165) is 12.0 Å². The zero-order valence-corrected chi connectivity index (χ0v) is 15.0. The van der Waals surface area contributed by atoms with Crippen molar-refractivity contribution in [3.05, 3.63) is 29.8 Å². The van der Waals surface area contributed by atoms with Crippen LogP contribution in [0.1, 0.15) is 39.7 Å². The van der Waals surface area contributed by atoms with E-state index in [2.05, 4.69) is 41.4 Å². The van der Waals surface area contributed by atoms with Crippen LogP contribution in [0.2, 0.25) is 0 Å². The number of nitrogens with one attached hydrogen (secondary N) is 1. The minimum atomic E-state index is -3.42. The molecule has 1 aromatic carbocycles. The summed E-state index contributed by atoms with van der Waals surface area (Å²) < 4.78 is 27.3. The van der Waals surface area contributed by atoms with Gasteiger partial charge in [0.05, 0.1) is 4.90 Å². The minimum absolute atomic E-state index is 0.0771. The van der Waals surface area contributed by atoms with Crippen LogP contribution in [0.25, 0.3) is 0 Å². The molecule has 1 atom stereocenters. The maximum absolute atomic E-state index is 12.3. The van der Waals surface area contributed by atoms with Crippen LogP contribution in [-0.2, 0) is 16.4 Å². The van der Waals surface area contributed by atoms with Gasteiger partial charge >= 0.3 is 0 Å². The lowest BCUT2D eigenvalue weighted by molar-refractivity contribution is 0.396. The second-order valence-corrected chi connectivity index (χ2v) is 8.88. The molecule has 0 aliphatic rings. The zero-order chi connectivity index (χ0) is 15.4. The molecule has 114 valence electrons. The second kappa shape index (κ2) is 7.05. The monoisotopic (exact) mass is 361 g/mol. The highest BCUT2D eigenvalue weighted by molar-refractivity contribution is 9.09. The van der Waals surface area contributed by atoms with Crippen molar-refractivity contribution in [2.45, 2.75) is 50.3 Å². The zero-order valence-electron chi connectivity index (χ0n) is 12.6. The van der Waals surface area contributed by atoms with Crippen LogP contribution in [0.3, 0.4) is 0 Å². The number of hydrogen-bond donors (Lipinski definition) is 1. The van der Waals surface area contributed by atoms with E-state index in [9.17, 15) is 8.42 Å². The summed E-state index contributed by atoms with van der Waals surface area (Å²) in [5.41, 5.74) is 0.932. The molecule has 0 fully saturated rings. The number of alkyl halides is 1.